The molecule has 1 aromatic carbocycles. The zero-order valence-corrected chi connectivity index (χ0v) is 12.4. The van der Waals surface area contributed by atoms with Gasteiger partial charge in [-0.3, -0.25) is 14.3 Å². The Balaban J connectivity index is 2.07. The van der Waals surface area contributed by atoms with Crippen LogP contribution in [0.4, 0.5) is 0 Å². The highest BCUT2D eigenvalue weighted by atomic mass is 16.5. The third-order valence-electron chi connectivity index (χ3n) is 3.58. The van der Waals surface area contributed by atoms with E-state index in [1.54, 1.807) is 24.9 Å². The second-order valence-corrected chi connectivity index (χ2v) is 4.90. The Bertz CT molecular complexity index is 919. The van der Waals surface area contributed by atoms with E-state index in [1.807, 2.05) is 24.3 Å². The SMILES string of the molecule is CCn1c(=O)[nH][14c]2ncn(Cc3ccc(OC)cc3)c2c1=O. The van der Waals surface area contributed by atoms with Gasteiger partial charge in [-0.15, -0.1) is 0 Å². The summed E-state index contributed by atoms with van der Waals surface area (Å²) in [6.07, 6.45) is 1.56. The van der Waals surface area contributed by atoms with Gasteiger partial charge in [-0.25, -0.2) is 9.78 Å². The molecule has 0 atom stereocenters. The maximum absolute atomic E-state index is 12.4. The van der Waals surface area contributed by atoms with Crippen molar-refractivity contribution in [3.05, 3.63) is 57.0 Å². The molecule has 0 bridgehead atoms. The fraction of sp³-hybridized carbons (Fsp3) is 0.267. The van der Waals surface area contributed by atoms with Crippen molar-refractivity contribution in [2.24, 2.45) is 0 Å². The molecule has 0 aliphatic rings. The van der Waals surface area contributed by atoms with Crippen molar-refractivity contribution in [2.75, 3.05) is 7.11 Å². The molecule has 0 aliphatic carbocycles. The first kappa shape index (κ1) is 14.1. The Morgan fingerprint density at radius 1 is 1.27 bits per heavy atom. The number of rotatable bonds is 4. The van der Waals surface area contributed by atoms with Gasteiger partial charge in [-0.2, -0.15) is 0 Å². The highest BCUT2D eigenvalue weighted by Gasteiger charge is 2.12. The molecule has 3 aromatic rings. The first-order valence-corrected chi connectivity index (χ1v) is 6.95. The molecule has 0 spiro atoms. The summed E-state index contributed by atoms with van der Waals surface area (Å²) < 4.78 is 8.02. The molecule has 7 nitrogen and oxygen atoms in total. The molecule has 0 saturated carbocycles. The molecule has 0 radical (unpaired) electrons. The van der Waals surface area contributed by atoms with Gasteiger partial charge in [0.2, 0.25) is 0 Å². The zero-order chi connectivity index (χ0) is 15.7. The smallest absolute Gasteiger partial charge is 0.330 e. The number of nitrogens with zero attached hydrogens (tertiary/aromatic N) is 3. The first-order valence-electron chi connectivity index (χ1n) is 6.95. The lowest BCUT2D eigenvalue weighted by Crippen LogP contribution is -2.35. The van der Waals surface area contributed by atoms with Gasteiger partial charge in [0.25, 0.3) is 5.56 Å². The number of hydrogen-bond acceptors (Lipinski definition) is 4. The molecule has 1 N–H and O–H groups in total. The number of methoxy groups -OCH3 is 1. The highest BCUT2D eigenvalue weighted by Crippen LogP contribution is 2.13. The van der Waals surface area contributed by atoms with Crippen LogP contribution in [0.5, 0.6) is 5.75 Å². The van der Waals surface area contributed by atoms with Crippen LogP contribution in [0.2, 0.25) is 0 Å². The van der Waals surface area contributed by atoms with Crippen molar-refractivity contribution in [3.8, 4) is 5.75 Å². The molecule has 0 aliphatic heterocycles. The topological polar surface area (TPSA) is 81.9 Å². The van der Waals surface area contributed by atoms with E-state index in [4.69, 9.17) is 4.74 Å². The molecule has 7 heteroatoms. The number of benzene rings is 1. The van der Waals surface area contributed by atoms with Gasteiger partial charge in [-0.1, -0.05) is 12.1 Å². The summed E-state index contributed by atoms with van der Waals surface area (Å²) in [4.78, 5) is 30.9. The van der Waals surface area contributed by atoms with Crippen LogP contribution in [0.25, 0.3) is 11.2 Å². The quantitative estimate of drug-likeness (QED) is 0.778. The van der Waals surface area contributed by atoms with E-state index in [0.29, 0.717) is 24.3 Å². The second kappa shape index (κ2) is 5.51. The van der Waals surface area contributed by atoms with Crippen LogP contribution in [0.15, 0.2) is 40.2 Å². The molecule has 3 rings (SSSR count). The highest BCUT2D eigenvalue weighted by molar-refractivity contribution is 5.69. The van der Waals surface area contributed by atoms with E-state index in [2.05, 4.69) is 9.97 Å². The third-order valence-corrected chi connectivity index (χ3v) is 3.58. The van der Waals surface area contributed by atoms with E-state index in [0.717, 1.165) is 15.9 Å². The number of imidazole rings is 1. The van der Waals surface area contributed by atoms with Crippen LogP contribution >= 0.6 is 0 Å². The molecular formula is C15H16N4O3. The predicted molar refractivity (Wildman–Crippen MR) is 82.4 cm³/mol. The maximum atomic E-state index is 12.4. The summed E-state index contributed by atoms with van der Waals surface area (Å²) in [5.41, 5.74) is 0.959. The number of ether oxygens (including phenoxy) is 1. The van der Waals surface area contributed by atoms with Gasteiger partial charge in [-0.05, 0) is 24.6 Å². The van der Waals surface area contributed by atoms with Crippen molar-refractivity contribution in [1.29, 1.82) is 0 Å². The number of fused-ring (bicyclic) bond motifs is 1. The first-order chi connectivity index (χ1) is 10.6. The minimum Gasteiger partial charge on any atom is -0.497 e. The standard InChI is InChI=1S/C15H16N4O3/c1-3-19-14(20)12-13(17-15(19)21)16-9-18(12)8-10-4-6-11(22-2)7-5-10/h4-7,9H,3,8H2,1-2H3,(H,17,21)/i13+2. The summed E-state index contributed by atoms with van der Waals surface area (Å²) in [5.74, 6) is 0.775. The lowest BCUT2D eigenvalue weighted by molar-refractivity contribution is 0.414. The van der Waals surface area contributed by atoms with E-state index >= 15 is 0 Å². The van der Waals surface area contributed by atoms with Gasteiger partial charge in [0.1, 0.15) is 5.75 Å². The van der Waals surface area contributed by atoms with Gasteiger partial charge in [0, 0.05) is 13.1 Å². The number of H-pyrrole nitrogens is 1. The molecule has 2 aromatic heterocycles. The molecule has 0 saturated heterocycles. The summed E-state index contributed by atoms with van der Waals surface area (Å²) in [6, 6.07) is 7.57. The minimum absolute atomic E-state index is 0.313. The van der Waals surface area contributed by atoms with Crippen LogP contribution in [0.3, 0.4) is 0 Å². The minimum atomic E-state index is -0.435. The van der Waals surface area contributed by atoms with Crippen LogP contribution in [-0.2, 0) is 13.1 Å². The Morgan fingerprint density at radius 3 is 2.64 bits per heavy atom. The van der Waals surface area contributed by atoms with Crippen LogP contribution in [0.1, 0.15) is 12.5 Å². The summed E-state index contributed by atoms with van der Waals surface area (Å²) >= 11 is 0. The molecular weight excluding hydrogens is 286 g/mol. The maximum Gasteiger partial charge on any atom is 0.330 e. The summed E-state index contributed by atoms with van der Waals surface area (Å²) in [7, 11) is 1.61. The summed E-state index contributed by atoms with van der Waals surface area (Å²) in [6.45, 7) is 2.57. The number of hydrogen-bond donors (Lipinski definition) is 1. The number of aromatic nitrogens is 4. The van der Waals surface area contributed by atoms with Crippen LogP contribution in [0, 0.1) is 0 Å². The van der Waals surface area contributed by atoms with Gasteiger partial charge in [0.05, 0.1) is 13.4 Å². The van der Waals surface area contributed by atoms with E-state index < -0.39 is 5.69 Å². The van der Waals surface area contributed by atoms with E-state index in [1.165, 1.54) is 0 Å². The average Bonchev–Trinajstić information content (AvgIpc) is 2.91. The Kier molecular flexibility index (Phi) is 3.54. The molecule has 0 fully saturated rings. The Hall–Kier alpha value is -2.83. The van der Waals surface area contributed by atoms with Gasteiger partial charge >= 0.3 is 5.69 Å². The number of aromatic amines is 1. The zero-order valence-electron chi connectivity index (χ0n) is 12.4. The van der Waals surface area contributed by atoms with Crippen LogP contribution in [-0.4, -0.2) is 26.2 Å². The van der Waals surface area contributed by atoms with Crippen molar-refractivity contribution < 1.29 is 4.74 Å². The summed E-state index contributed by atoms with van der Waals surface area (Å²) in [5, 5.41) is 0. The number of nitrogens with one attached hydrogen (secondary N) is 1. The van der Waals surface area contributed by atoms with Crippen molar-refractivity contribution >= 4 is 11.2 Å². The van der Waals surface area contributed by atoms with Crippen molar-refractivity contribution in [3.63, 3.8) is 0 Å². The third kappa shape index (κ3) is 2.30. The molecule has 0 unspecified atom stereocenters. The van der Waals surface area contributed by atoms with Crippen LogP contribution < -0.4 is 16.0 Å². The fourth-order valence-corrected chi connectivity index (χ4v) is 2.42. The lowest BCUT2D eigenvalue weighted by atomic mass is 10.2. The second-order valence-electron chi connectivity index (χ2n) is 4.90. The normalized spacial score (nSPS) is 11.0. The average molecular weight is 302 g/mol. The molecule has 0 amide bonds. The Morgan fingerprint density at radius 2 is 2.00 bits per heavy atom. The predicted octanol–water partition coefficient (Wildman–Crippen LogP) is 0.963. The molecule has 2 heterocycles. The molecule has 114 valence electrons. The van der Waals surface area contributed by atoms with E-state index in [9.17, 15) is 9.59 Å². The monoisotopic (exact) mass is 302 g/mol. The fourth-order valence-electron chi connectivity index (χ4n) is 2.42. The van der Waals surface area contributed by atoms with Gasteiger partial charge < -0.3 is 9.30 Å². The largest absolute Gasteiger partial charge is 0.497 e. The Labute approximate surface area is 125 Å². The van der Waals surface area contributed by atoms with Gasteiger partial charge in [0.15, 0.2) is 11.2 Å². The van der Waals surface area contributed by atoms with Crippen molar-refractivity contribution in [2.45, 2.75) is 20.0 Å². The molecule has 22 heavy (non-hydrogen) atoms. The van der Waals surface area contributed by atoms with E-state index in [-0.39, 0.29) is 5.56 Å². The lowest BCUT2D eigenvalue weighted by Gasteiger charge is -2.06. The van der Waals surface area contributed by atoms with Crippen molar-refractivity contribution in [1.82, 2.24) is 19.1 Å².